The molecule has 0 aliphatic heterocycles. The monoisotopic (exact) mass is 300 g/mol. The van der Waals surface area contributed by atoms with Gasteiger partial charge in [0.05, 0.1) is 0 Å². The van der Waals surface area contributed by atoms with Crippen LogP contribution in [0.25, 0.3) is 0 Å². The Hall–Kier alpha value is -1.69. The van der Waals surface area contributed by atoms with Gasteiger partial charge in [0.2, 0.25) is 0 Å². The number of rotatable bonds is 7. The first-order chi connectivity index (χ1) is 9.88. The van der Waals surface area contributed by atoms with E-state index in [4.69, 9.17) is 10.5 Å². The number of halogens is 2. The van der Waals surface area contributed by atoms with Crippen LogP contribution in [0.1, 0.15) is 25.8 Å². The average Bonchev–Trinajstić information content (AvgIpc) is 2.44. The fourth-order valence-corrected chi connectivity index (χ4v) is 1.74. The van der Waals surface area contributed by atoms with Gasteiger partial charge in [-0.3, -0.25) is 4.79 Å². The second-order valence-electron chi connectivity index (χ2n) is 4.96. The van der Waals surface area contributed by atoms with E-state index in [1.54, 1.807) is 14.0 Å². The van der Waals surface area contributed by atoms with Gasteiger partial charge in [0.15, 0.2) is 24.0 Å². The number of likely N-dealkylation sites (N-methyl/N-ethyl adjacent to an activating group) is 1. The Kier molecular flexibility index (Phi) is 6.55. The van der Waals surface area contributed by atoms with E-state index < -0.39 is 24.0 Å². The third kappa shape index (κ3) is 4.97. The van der Waals surface area contributed by atoms with Crippen LogP contribution in [0.3, 0.4) is 0 Å². The van der Waals surface area contributed by atoms with Gasteiger partial charge in [-0.05, 0) is 37.5 Å². The highest BCUT2D eigenvalue weighted by Crippen LogP contribution is 2.24. The number of hydrogen-bond acceptors (Lipinski definition) is 3. The predicted octanol–water partition coefficient (Wildman–Crippen LogP) is 2.10. The van der Waals surface area contributed by atoms with Gasteiger partial charge in [-0.25, -0.2) is 8.78 Å². The molecule has 6 heteroatoms. The van der Waals surface area contributed by atoms with Crippen LogP contribution in [0.15, 0.2) is 12.1 Å². The minimum atomic E-state index is -0.819. The molecule has 0 radical (unpaired) electrons. The Morgan fingerprint density at radius 1 is 1.33 bits per heavy atom. The lowest BCUT2D eigenvalue weighted by molar-refractivity contribution is -0.131. The molecule has 0 heterocycles. The molecule has 0 fully saturated rings. The number of amides is 1. The van der Waals surface area contributed by atoms with Gasteiger partial charge < -0.3 is 15.4 Å². The lowest BCUT2D eigenvalue weighted by Crippen LogP contribution is -2.31. The van der Waals surface area contributed by atoms with Gasteiger partial charge >= 0.3 is 0 Å². The van der Waals surface area contributed by atoms with Crippen molar-refractivity contribution in [2.75, 3.05) is 20.2 Å². The maximum atomic E-state index is 13.9. The van der Waals surface area contributed by atoms with Crippen molar-refractivity contribution in [2.45, 2.75) is 32.7 Å². The Morgan fingerprint density at radius 3 is 2.38 bits per heavy atom. The molecule has 1 aromatic rings. The molecule has 2 N–H and O–H groups in total. The van der Waals surface area contributed by atoms with Gasteiger partial charge in [0.25, 0.3) is 5.91 Å². The number of hydrogen-bond donors (Lipinski definition) is 1. The van der Waals surface area contributed by atoms with Crippen molar-refractivity contribution in [1.29, 1.82) is 0 Å². The second kappa shape index (κ2) is 7.93. The van der Waals surface area contributed by atoms with Crippen LogP contribution in [0, 0.1) is 11.6 Å². The lowest BCUT2D eigenvalue weighted by atomic mass is 10.0. The summed E-state index contributed by atoms with van der Waals surface area (Å²) < 4.78 is 32.7. The standard InChI is InChI=1S/C15H22F2N2O2/c1-4-11(18)6-10-7-12(16)15(13(17)8-10)21-9-14(20)19(3)5-2/h7-8,11H,4-6,9,18H2,1-3H3. The molecule has 4 nitrogen and oxygen atoms in total. The van der Waals surface area contributed by atoms with E-state index in [1.807, 2.05) is 6.92 Å². The first kappa shape index (κ1) is 17.4. The molecule has 1 rings (SSSR count). The van der Waals surface area contributed by atoms with E-state index in [0.29, 0.717) is 18.5 Å². The van der Waals surface area contributed by atoms with E-state index in [2.05, 4.69) is 0 Å². The maximum Gasteiger partial charge on any atom is 0.260 e. The first-order valence-corrected chi connectivity index (χ1v) is 6.99. The lowest BCUT2D eigenvalue weighted by Gasteiger charge is -2.16. The zero-order valence-electron chi connectivity index (χ0n) is 12.7. The SMILES string of the molecule is CCC(N)Cc1cc(F)c(OCC(=O)N(C)CC)c(F)c1. The summed E-state index contributed by atoms with van der Waals surface area (Å²) in [6, 6.07) is 2.25. The highest BCUT2D eigenvalue weighted by Gasteiger charge is 2.16. The van der Waals surface area contributed by atoms with Crippen molar-refractivity contribution in [3.8, 4) is 5.75 Å². The van der Waals surface area contributed by atoms with E-state index in [-0.39, 0.29) is 11.9 Å². The molecular formula is C15H22F2N2O2. The van der Waals surface area contributed by atoms with Crippen molar-refractivity contribution in [1.82, 2.24) is 4.90 Å². The van der Waals surface area contributed by atoms with Crippen LogP contribution in [0.5, 0.6) is 5.75 Å². The van der Waals surface area contributed by atoms with Crippen LogP contribution in [-0.4, -0.2) is 37.0 Å². The number of benzene rings is 1. The van der Waals surface area contributed by atoms with Crippen molar-refractivity contribution in [2.24, 2.45) is 5.73 Å². The largest absolute Gasteiger partial charge is 0.478 e. The summed E-state index contributed by atoms with van der Waals surface area (Å²) in [5.74, 6) is -2.50. The Bertz CT molecular complexity index is 472. The van der Waals surface area contributed by atoms with Gasteiger partial charge in [-0.1, -0.05) is 6.92 Å². The fourth-order valence-electron chi connectivity index (χ4n) is 1.74. The van der Waals surface area contributed by atoms with Crippen molar-refractivity contribution in [3.63, 3.8) is 0 Å². The minimum absolute atomic E-state index is 0.143. The van der Waals surface area contributed by atoms with Crippen molar-refractivity contribution >= 4 is 5.91 Å². The van der Waals surface area contributed by atoms with Gasteiger partial charge in [-0.15, -0.1) is 0 Å². The number of nitrogens with zero attached hydrogens (tertiary/aromatic N) is 1. The fraction of sp³-hybridized carbons (Fsp3) is 0.533. The third-order valence-corrected chi connectivity index (χ3v) is 3.32. The van der Waals surface area contributed by atoms with Crippen LogP contribution < -0.4 is 10.5 Å². The molecule has 118 valence electrons. The second-order valence-corrected chi connectivity index (χ2v) is 4.96. The summed E-state index contributed by atoms with van der Waals surface area (Å²) in [5.41, 5.74) is 6.24. The number of nitrogens with two attached hydrogens (primary N) is 1. The van der Waals surface area contributed by atoms with Crippen LogP contribution >= 0.6 is 0 Å². The molecule has 1 atom stereocenters. The van der Waals surface area contributed by atoms with Gasteiger partial charge in [-0.2, -0.15) is 0 Å². The molecule has 1 unspecified atom stereocenters. The van der Waals surface area contributed by atoms with Crippen LogP contribution in [0.2, 0.25) is 0 Å². The number of carbonyl (C=O) groups is 1. The highest BCUT2D eigenvalue weighted by atomic mass is 19.1. The maximum absolute atomic E-state index is 13.9. The quantitative estimate of drug-likeness (QED) is 0.839. The highest BCUT2D eigenvalue weighted by molar-refractivity contribution is 5.77. The molecule has 0 aliphatic carbocycles. The minimum Gasteiger partial charge on any atom is -0.478 e. The predicted molar refractivity (Wildman–Crippen MR) is 77.1 cm³/mol. The van der Waals surface area contributed by atoms with Crippen molar-refractivity contribution < 1.29 is 18.3 Å². The van der Waals surface area contributed by atoms with Crippen LogP contribution in [0.4, 0.5) is 8.78 Å². The average molecular weight is 300 g/mol. The zero-order valence-corrected chi connectivity index (χ0v) is 12.7. The smallest absolute Gasteiger partial charge is 0.260 e. The molecule has 0 saturated carbocycles. The summed E-state index contributed by atoms with van der Waals surface area (Å²) in [6.07, 6.45) is 1.11. The molecule has 0 aliphatic rings. The topological polar surface area (TPSA) is 55.6 Å². The zero-order chi connectivity index (χ0) is 16.0. The number of ether oxygens (including phenoxy) is 1. The summed E-state index contributed by atoms with van der Waals surface area (Å²) >= 11 is 0. The summed E-state index contributed by atoms with van der Waals surface area (Å²) in [5, 5.41) is 0. The van der Waals surface area contributed by atoms with E-state index in [0.717, 1.165) is 6.42 Å². The number of carbonyl (C=O) groups excluding carboxylic acids is 1. The van der Waals surface area contributed by atoms with Gasteiger partial charge in [0, 0.05) is 19.6 Å². The summed E-state index contributed by atoms with van der Waals surface area (Å²) in [4.78, 5) is 13.0. The summed E-state index contributed by atoms with van der Waals surface area (Å²) in [6.45, 7) is 3.81. The van der Waals surface area contributed by atoms with E-state index in [1.165, 1.54) is 17.0 Å². The van der Waals surface area contributed by atoms with Crippen LogP contribution in [-0.2, 0) is 11.2 Å². The molecule has 1 aromatic carbocycles. The Morgan fingerprint density at radius 2 is 1.90 bits per heavy atom. The van der Waals surface area contributed by atoms with Crippen molar-refractivity contribution in [3.05, 3.63) is 29.3 Å². The third-order valence-electron chi connectivity index (χ3n) is 3.32. The first-order valence-electron chi connectivity index (χ1n) is 6.99. The molecule has 0 bridgehead atoms. The summed E-state index contributed by atoms with van der Waals surface area (Å²) in [7, 11) is 1.59. The Labute approximate surface area is 123 Å². The molecule has 0 aromatic heterocycles. The molecule has 21 heavy (non-hydrogen) atoms. The molecule has 0 spiro atoms. The normalized spacial score (nSPS) is 12.1. The molecular weight excluding hydrogens is 278 g/mol. The van der Waals surface area contributed by atoms with Gasteiger partial charge in [0.1, 0.15) is 0 Å². The van der Waals surface area contributed by atoms with E-state index in [9.17, 15) is 13.6 Å². The molecule has 1 amide bonds. The molecule has 0 saturated heterocycles. The van der Waals surface area contributed by atoms with E-state index >= 15 is 0 Å². The Balaban J connectivity index is 2.78.